The van der Waals surface area contributed by atoms with E-state index in [9.17, 15) is 51.3 Å². The van der Waals surface area contributed by atoms with Crippen molar-refractivity contribution in [1.82, 2.24) is 20.9 Å². The molecule has 1 aliphatic rings. The van der Waals surface area contributed by atoms with Gasteiger partial charge in [0, 0.05) is 18.2 Å². The molecule has 1 aliphatic heterocycles. The summed E-state index contributed by atoms with van der Waals surface area (Å²) in [6.45, 7) is 5.65. The number of nitrogens with zero attached hydrogens (tertiary/aromatic N) is 1. The molecular weight excluding hydrogens is 599 g/mol. The molecule has 0 radical (unpaired) electrons. The minimum Gasteiger partial charge on any atom is -0.505 e. The normalized spacial score (nSPS) is 25.5. The molecule has 2 unspecified atom stereocenters. The maximum absolute atomic E-state index is 14.6. The fourth-order valence-corrected chi connectivity index (χ4v) is 4.54. The number of halogens is 5. The lowest BCUT2D eigenvalue weighted by molar-refractivity contribution is -0.157. The van der Waals surface area contributed by atoms with Crippen LogP contribution in [0, 0.1) is 40.9 Å². The van der Waals surface area contributed by atoms with Crippen LogP contribution in [0.25, 0.3) is 0 Å². The molecule has 0 saturated carbocycles. The molecule has 0 bridgehead atoms. The average molecular weight is 631 g/mol. The summed E-state index contributed by atoms with van der Waals surface area (Å²) in [5.41, 5.74) is -1.91. The Bertz CT molecular complexity index is 1420. The van der Waals surface area contributed by atoms with Crippen molar-refractivity contribution in [1.29, 1.82) is 0 Å². The predicted octanol–water partition coefficient (Wildman–Crippen LogP) is 1.78. The second-order valence-corrected chi connectivity index (χ2v) is 10.5. The first-order chi connectivity index (χ1) is 20.6. The van der Waals surface area contributed by atoms with E-state index in [1.54, 1.807) is 13.8 Å². The maximum Gasteiger partial charge on any atom is 0.329 e. The van der Waals surface area contributed by atoms with E-state index in [1.165, 1.54) is 13.0 Å². The van der Waals surface area contributed by atoms with Crippen molar-refractivity contribution < 1.29 is 56.1 Å². The first-order valence-electron chi connectivity index (χ1n) is 13.5. The number of aromatic hydroxyl groups is 1. The zero-order valence-corrected chi connectivity index (χ0v) is 24.0. The number of carbonyl (C=O) groups is 4. The van der Waals surface area contributed by atoms with Crippen LogP contribution in [0.1, 0.15) is 50.2 Å². The zero-order chi connectivity index (χ0) is 33.0. The van der Waals surface area contributed by atoms with E-state index in [0.29, 0.717) is 6.42 Å². The molecule has 3 rings (SSSR count). The molecule has 1 saturated heterocycles. The fourth-order valence-electron chi connectivity index (χ4n) is 4.54. The average Bonchev–Trinajstić information content (AvgIpc) is 2.99. The number of rotatable bonds is 6. The number of amides is 3. The van der Waals surface area contributed by atoms with Gasteiger partial charge in [-0.1, -0.05) is 27.2 Å². The fraction of sp³-hybridized carbons (Fsp3) is 0.464. The van der Waals surface area contributed by atoms with E-state index in [2.05, 4.69) is 20.9 Å². The number of ether oxygens (including phenoxy) is 1. The molecule has 2 aromatic rings. The summed E-state index contributed by atoms with van der Waals surface area (Å²) in [6.07, 6.45) is -3.20. The minimum absolute atomic E-state index is 0.355. The van der Waals surface area contributed by atoms with Crippen molar-refractivity contribution in [2.24, 2.45) is 11.8 Å². The van der Waals surface area contributed by atoms with E-state index in [-0.39, 0.29) is 0 Å². The number of nitrogens with one attached hydrogen (secondary N) is 3. The minimum atomic E-state index is -2.42. The van der Waals surface area contributed by atoms with Gasteiger partial charge in [-0.05, 0) is 25.0 Å². The molecule has 16 heteroatoms. The maximum atomic E-state index is 14.6. The lowest BCUT2D eigenvalue weighted by Crippen LogP contribution is -2.61. The van der Waals surface area contributed by atoms with E-state index in [0.717, 1.165) is 19.2 Å². The Balaban J connectivity index is 2.11. The molecular formula is C28H31F5N4O7. The van der Waals surface area contributed by atoms with E-state index in [4.69, 9.17) is 4.74 Å². The van der Waals surface area contributed by atoms with Gasteiger partial charge in [0.25, 0.3) is 5.91 Å². The zero-order valence-electron chi connectivity index (χ0n) is 24.0. The number of aromatic nitrogens is 1. The number of hydrogen-bond acceptors (Lipinski definition) is 8. The summed E-state index contributed by atoms with van der Waals surface area (Å²) < 4.78 is 76.3. The molecule has 1 aromatic carbocycles. The molecule has 3 amide bonds. The third kappa shape index (κ3) is 7.06. The van der Waals surface area contributed by atoms with Crippen LogP contribution < -0.4 is 16.0 Å². The van der Waals surface area contributed by atoms with Gasteiger partial charge in [0.15, 0.2) is 29.0 Å². The Morgan fingerprint density at radius 2 is 1.61 bits per heavy atom. The smallest absolute Gasteiger partial charge is 0.329 e. The van der Waals surface area contributed by atoms with Gasteiger partial charge >= 0.3 is 5.97 Å². The molecule has 44 heavy (non-hydrogen) atoms. The van der Waals surface area contributed by atoms with Crippen molar-refractivity contribution in [2.45, 2.75) is 70.9 Å². The summed E-state index contributed by atoms with van der Waals surface area (Å²) in [5.74, 6) is -18.3. The third-order valence-electron chi connectivity index (χ3n) is 7.50. The van der Waals surface area contributed by atoms with Crippen molar-refractivity contribution in [3.63, 3.8) is 0 Å². The first-order valence-corrected chi connectivity index (χ1v) is 13.5. The lowest BCUT2D eigenvalue weighted by atomic mass is 9.90. The van der Waals surface area contributed by atoms with Crippen LogP contribution in [0.15, 0.2) is 18.3 Å². The highest BCUT2D eigenvalue weighted by Crippen LogP contribution is 2.26. The molecule has 240 valence electrons. The van der Waals surface area contributed by atoms with Crippen molar-refractivity contribution in [3.05, 3.63) is 58.7 Å². The highest BCUT2D eigenvalue weighted by atomic mass is 19.2. The number of cyclic esters (lactones) is 1. The van der Waals surface area contributed by atoms with E-state index in [1.807, 2.05) is 0 Å². The van der Waals surface area contributed by atoms with E-state index >= 15 is 0 Å². The van der Waals surface area contributed by atoms with E-state index < -0.39 is 118 Å². The molecule has 2 heterocycles. The summed E-state index contributed by atoms with van der Waals surface area (Å²) in [5, 5.41) is 28.0. The standard InChI is InChI=1S/C28H31F5N4O7/c1-5-10(2)21-28(43)44-12(4)22(37-27(42)23-15(38)7-6-8-34-23)26(41)35-14(24(39)11(3)25(40)36-21)9-13-16(29)18(31)20(33)19(32)17(13)30/h6-8,10-12,14,21-22,24,38-39H,5,9H2,1-4H3,(H,35,41)(H,36,40)(H,37,42)/t10?,11-,12-,14+,21?,22+,24+/m1/s1. The topological polar surface area (TPSA) is 167 Å². The third-order valence-corrected chi connectivity index (χ3v) is 7.50. The second-order valence-electron chi connectivity index (χ2n) is 10.5. The van der Waals surface area contributed by atoms with Crippen LogP contribution in [0.3, 0.4) is 0 Å². The van der Waals surface area contributed by atoms with Gasteiger partial charge in [-0.25, -0.2) is 31.7 Å². The highest BCUT2D eigenvalue weighted by molar-refractivity contribution is 5.98. The van der Waals surface area contributed by atoms with Gasteiger partial charge in [-0.15, -0.1) is 0 Å². The summed E-state index contributed by atoms with van der Waals surface area (Å²) >= 11 is 0. The Labute approximate surface area is 248 Å². The monoisotopic (exact) mass is 630 g/mol. The van der Waals surface area contributed by atoms with Gasteiger partial charge in [0.05, 0.1) is 18.1 Å². The number of benzene rings is 1. The van der Waals surface area contributed by atoms with Gasteiger partial charge in [0.1, 0.15) is 23.9 Å². The van der Waals surface area contributed by atoms with Crippen molar-refractivity contribution in [3.8, 4) is 5.75 Å². The van der Waals surface area contributed by atoms with Crippen molar-refractivity contribution >= 4 is 23.7 Å². The summed E-state index contributed by atoms with van der Waals surface area (Å²) in [7, 11) is 0. The van der Waals surface area contributed by atoms with Crippen LogP contribution >= 0.6 is 0 Å². The summed E-state index contributed by atoms with van der Waals surface area (Å²) in [4.78, 5) is 56.4. The molecule has 11 nitrogen and oxygen atoms in total. The van der Waals surface area contributed by atoms with Gasteiger partial charge in [-0.3, -0.25) is 14.4 Å². The number of hydrogen-bond donors (Lipinski definition) is 5. The summed E-state index contributed by atoms with van der Waals surface area (Å²) in [6, 6.07) is -2.57. The second kappa shape index (κ2) is 14.0. The Morgan fingerprint density at radius 1 is 1.02 bits per heavy atom. The van der Waals surface area contributed by atoms with Crippen LogP contribution in [0.2, 0.25) is 0 Å². The quantitative estimate of drug-likeness (QED) is 0.139. The highest BCUT2D eigenvalue weighted by Gasteiger charge is 2.41. The molecule has 1 fully saturated rings. The number of aliphatic hydroxyl groups excluding tert-OH is 1. The van der Waals surface area contributed by atoms with Crippen LogP contribution in [0.4, 0.5) is 22.0 Å². The Kier molecular flexibility index (Phi) is 10.8. The van der Waals surface area contributed by atoms with Crippen LogP contribution in [0.5, 0.6) is 5.75 Å². The number of carbonyl (C=O) groups excluding carboxylic acids is 4. The lowest BCUT2D eigenvalue weighted by Gasteiger charge is -2.34. The molecule has 0 spiro atoms. The largest absolute Gasteiger partial charge is 0.505 e. The molecule has 0 aliphatic carbocycles. The first kappa shape index (κ1) is 34.2. The van der Waals surface area contributed by atoms with Crippen molar-refractivity contribution in [2.75, 3.05) is 0 Å². The number of pyridine rings is 1. The molecule has 1 aromatic heterocycles. The number of esters is 1. The molecule has 5 N–H and O–H groups in total. The predicted molar refractivity (Wildman–Crippen MR) is 141 cm³/mol. The SMILES string of the molecule is CCC(C)C1NC(=O)[C@H](C)[C@H](O)[C@H](Cc2c(F)c(F)c(F)c(F)c2F)NC(=O)[C@@H](NC(=O)c2ncccc2O)[C@@H](C)OC1=O. The van der Waals surface area contributed by atoms with Crippen LogP contribution in [-0.4, -0.2) is 69.2 Å². The Hall–Kier alpha value is -4.34. The molecule has 7 atom stereocenters. The Morgan fingerprint density at radius 3 is 2.18 bits per heavy atom. The van der Waals surface area contributed by atoms with Gasteiger partial charge in [0.2, 0.25) is 17.6 Å². The van der Waals surface area contributed by atoms with Gasteiger partial charge in [-0.2, -0.15) is 0 Å². The van der Waals surface area contributed by atoms with Crippen LogP contribution in [-0.2, 0) is 25.5 Å². The van der Waals surface area contributed by atoms with Gasteiger partial charge < -0.3 is 30.9 Å². The number of aliphatic hydroxyl groups is 1.